The van der Waals surface area contributed by atoms with Crippen molar-refractivity contribution in [1.29, 1.82) is 0 Å². The van der Waals surface area contributed by atoms with Crippen LogP contribution in [-0.2, 0) is 0 Å². The Labute approximate surface area is 74.2 Å². The van der Waals surface area contributed by atoms with Crippen molar-refractivity contribution < 1.29 is 0 Å². The molecule has 0 aromatic carbocycles. The van der Waals surface area contributed by atoms with Crippen LogP contribution in [0.25, 0.3) is 0 Å². The molecule has 0 unspecified atom stereocenters. The summed E-state index contributed by atoms with van der Waals surface area (Å²) in [6.45, 7) is 6.51. The Kier molecular flexibility index (Phi) is 3.07. The molecule has 0 radical (unpaired) electrons. The van der Waals surface area contributed by atoms with Gasteiger partial charge in [-0.15, -0.1) is 0 Å². The van der Waals surface area contributed by atoms with Gasteiger partial charge in [-0.3, -0.25) is 0 Å². The van der Waals surface area contributed by atoms with Crippen molar-refractivity contribution in [2.45, 2.75) is 27.2 Å². The van der Waals surface area contributed by atoms with Crippen molar-refractivity contribution in [2.75, 3.05) is 0 Å². The summed E-state index contributed by atoms with van der Waals surface area (Å²) in [7, 11) is 0. The van der Waals surface area contributed by atoms with E-state index in [4.69, 9.17) is 0 Å². The Morgan fingerprint density at radius 1 is 1.50 bits per heavy atom. The zero-order valence-corrected chi connectivity index (χ0v) is 7.96. The molecule has 1 aliphatic rings. The number of hydrogen-bond donors (Lipinski definition) is 0. The molecule has 0 saturated carbocycles. The zero-order valence-electron chi connectivity index (χ0n) is 7.96. The fraction of sp³-hybridized carbons (Fsp3) is 0.455. The Balaban J connectivity index is 2.94. The van der Waals surface area contributed by atoms with Gasteiger partial charge >= 0.3 is 0 Å². The fourth-order valence-corrected chi connectivity index (χ4v) is 1.05. The molecule has 0 aromatic heterocycles. The van der Waals surface area contributed by atoms with Gasteiger partial charge in [-0.1, -0.05) is 26.8 Å². The van der Waals surface area contributed by atoms with Crippen LogP contribution in [0.1, 0.15) is 27.2 Å². The molecule has 0 aliphatic carbocycles. The van der Waals surface area contributed by atoms with Gasteiger partial charge in [-0.25, -0.2) is 4.99 Å². The molecule has 1 heteroatoms. The molecule has 0 atom stereocenters. The topological polar surface area (TPSA) is 12.4 Å². The Morgan fingerprint density at radius 2 is 2.25 bits per heavy atom. The molecule has 1 nitrogen and oxygen atoms in total. The number of allylic oxidation sites excluding steroid dienone is 4. The van der Waals surface area contributed by atoms with E-state index in [1.165, 1.54) is 11.1 Å². The first-order valence-corrected chi connectivity index (χ1v) is 4.43. The second kappa shape index (κ2) is 4.08. The monoisotopic (exact) mass is 161 g/mol. The van der Waals surface area contributed by atoms with Crippen LogP contribution in [0.3, 0.4) is 0 Å². The van der Waals surface area contributed by atoms with Crippen LogP contribution >= 0.6 is 0 Å². The second-order valence-corrected chi connectivity index (χ2v) is 3.26. The Hall–Kier alpha value is -1.07. The van der Waals surface area contributed by atoms with Crippen LogP contribution in [0.4, 0.5) is 0 Å². The lowest BCUT2D eigenvalue weighted by Crippen LogP contribution is -1.90. The maximum absolute atomic E-state index is 4.04. The Bertz CT molecular complexity index is 273. The third-order valence-electron chi connectivity index (χ3n) is 1.96. The molecule has 0 N–H and O–H groups in total. The lowest BCUT2D eigenvalue weighted by Gasteiger charge is -2.04. The summed E-state index contributed by atoms with van der Waals surface area (Å²) < 4.78 is 0. The molecule has 1 rings (SSSR count). The van der Waals surface area contributed by atoms with Gasteiger partial charge in [0.2, 0.25) is 0 Å². The molecular weight excluding hydrogens is 146 g/mol. The third-order valence-corrected chi connectivity index (χ3v) is 1.96. The van der Waals surface area contributed by atoms with E-state index in [1.807, 2.05) is 12.3 Å². The molecule has 0 aromatic rings. The number of rotatable bonds is 2. The molecule has 0 bridgehead atoms. The standard InChI is InChI=1S/C11H15N/c1-4-10-7-11(9(2)3)5-6-12-8-10/h5,7-9H,4H2,1-3H3. The SMILES string of the molecule is CCC1=CN=C=CC(C(C)C)=C1. The summed E-state index contributed by atoms with van der Waals surface area (Å²) in [6, 6.07) is 0. The highest BCUT2D eigenvalue weighted by Gasteiger charge is 2.01. The van der Waals surface area contributed by atoms with Gasteiger partial charge in [-0.2, -0.15) is 0 Å². The van der Waals surface area contributed by atoms with E-state index >= 15 is 0 Å². The molecule has 12 heavy (non-hydrogen) atoms. The van der Waals surface area contributed by atoms with E-state index in [0.29, 0.717) is 5.92 Å². The first-order valence-electron chi connectivity index (χ1n) is 4.43. The summed E-state index contributed by atoms with van der Waals surface area (Å²) in [5.74, 6) is 3.45. The number of hydrogen-bond acceptors (Lipinski definition) is 1. The predicted octanol–water partition coefficient (Wildman–Crippen LogP) is 3.10. The van der Waals surface area contributed by atoms with Crippen LogP contribution in [0.2, 0.25) is 0 Å². The molecule has 0 spiro atoms. The van der Waals surface area contributed by atoms with Gasteiger partial charge in [-0.05, 0) is 29.4 Å². The van der Waals surface area contributed by atoms with Crippen LogP contribution in [0, 0.1) is 5.92 Å². The first kappa shape index (κ1) is 9.02. The highest BCUT2D eigenvalue weighted by molar-refractivity contribution is 5.60. The van der Waals surface area contributed by atoms with Crippen molar-refractivity contribution in [3.8, 4) is 0 Å². The molecule has 0 saturated heterocycles. The van der Waals surface area contributed by atoms with E-state index in [9.17, 15) is 0 Å². The van der Waals surface area contributed by atoms with Crippen LogP contribution < -0.4 is 0 Å². The summed E-state index contributed by atoms with van der Waals surface area (Å²) in [4.78, 5) is 4.04. The smallest absolute Gasteiger partial charge is 0.0400 e. The lowest BCUT2D eigenvalue weighted by molar-refractivity contribution is 0.791. The van der Waals surface area contributed by atoms with E-state index in [2.05, 4.69) is 37.7 Å². The van der Waals surface area contributed by atoms with E-state index < -0.39 is 0 Å². The van der Waals surface area contributed by atoms with Crippen molar-refractivity contribution in [3.63, 3.8) is 0 Å². The van der Waals surface area contributed by atoms with Gasteiger partial charge in [0.15, 0.2) is 0 Å². The summed E-state index contributed by atoms with van der Waals surface area (Å²) in [5, 5.41) is 0. The minimum Gasteiger partial charge on any atom is -0.214 e. The highest BCUT2D eigenvalue weighted by atomic mass is 14.6. The fourth-order valence-electron chi connectivity index (χ4n) is 1.05. The van der Waals surface area contributed by atoms with E-state index in [-0.39, 0.29) is 0 Å². The van der Waals surface area contributed by atoms with Crippen LogP contribution in [0.15, 0.2) is 34.5 Å². The molecule has 0 fully saturated rings. The molecule has 0 amide bonds. The average molecular weight is 161 g/mol. The van der Waals surface area contributed by atoms with Crippen molar-refractivity contribution in [1.82, 2.24) is 0 Å². The van der Waals surface area contributed by atoms with Gasteiger partial charge in [0.25, 0.3) is 0 Å². The minimum atomic E-state index is 0.556. The number of nitrogens with zero attached hydrogens (tertiary/aromatic N) is 1. The van der Waals surface area contributed by atoms with E-state index in [1.54, 1.807) is 0 Å². The summed E-state index contributed by atoms with van der Waals surface area (Å²) >= 11 is 0. The van der Waals surface area contributed by atoms with Crippen molar-refractivity contribution in [3.05, 3.63) is 29.5 Å². The second-order valence-electron chi connectivity index (χ2n) is 3.26. The predicted molar refractivity (Wildman–Crippen MR) is 53.3 cm³/mol. The minimum absolute atomic E-state index is 0.556. The number of aliphatic imine (C=N–C) groups is 1. The Morgan fingerprint density at radius 3 is 2.83 bits per heavy atom. The van der Waals surface area contributed by atoms with Gasteiger partial charge < -0.3 is 0 Å². The highest BCUT2D eigenvalue weighted by Crippen LogP contribution is 2.16. The average Bonchev–Trinajstić information content (AvgIpc) is 2.28. The van der Waals surface area contributed by atoms with Crippen molar-refractivity contribution in [2.24, 2.45) is 10.9 Å². The normalized spacial score (nSPS) is 16.0. The zero-order chi connectivity index (χ0) is 8.97. The molecule has 1 heterocycles. The van der Waals surface area contributed by atoms with E-state index in [0.717, 1.165) is 6.42 Å². The summed E-state index contributed by atoms with van der Waals surface area (Å²) in [5.41, 5.74) is 2.59. The maximum Gasteiger partial charge on any atom is 0.0400 e. The molecular formula is C11H15N. The quantitative estimate of drug-likeness (QED) is 0.590. The largest absolute Gasteiger partial charge is 0.214 e. The molecule has 64 valence electrons. The maximum atomic E-state index is 4.04. The van der Waals surface area contributed by atoms with Crippen LogP contribution in [-0.4, -0.2) is 5.87 Å². The summed E-state index contributed by atoms with van der Waals surface area (Å²) in [6.07, 6.45) is 7.08. The first-order chi connectivity index (χ1) is 5.74. The van der Waals surface area contributed by atoms with Crippen molar-refractivity contribution >= 4 is 5.87 Å². The molecule has 1 aliphatic heterocycles. The lowest BCUT2D eigenvalue weighted by atomic mass is 10.0. The van der Waals surface area contributed by atoms with Crippen LogP contribution in [0.5, 0.6) is 0 Å². The van der Waals surface area contributed by atoms with Gasteiger partial charge in [0, 0.05) is 12.3 Å². The van der Waals surface area contributed by atoms with Gasteiger partial charge in [0.05, 0.1) is 0 Å². The third kappa shape index (κ3) is 2.21. The van der Waals surface area contributed by atoms with Gasteiger partial charge in [0.1, 0.15) is 0 Å².